The fraction of sp³-hybridized carbons (Fsp3) is 0.346. The van der Waals surface area contributed by atoms with Gasteiger partial charge in [-0.05, 0) is 51.0 Å². The third-order valence-corrected chi connectivity index (χ3v) is 7.41. The van der Waals surface area contributed by atoms with Crippen molar-refractivity contribution < 1.29 is 18.3 Å². The second kappa shape index (κ2) is 10.5. The number of aliphatic hydroxyl groups is 1. The number of aliphatic hydroxyl groups excluding tert-OH is 1. The number of nitrogens with zero attached hydrogens (tertiary/aromatic N) is 4. The summed E-state index contributed by atoms with van der Waals surface area (Å²) in [5.74, 6) is 1.33. The number of anilines is 5. The van der Waals surface area contributed by atoms with Gasteiger partial charge >= 0.3 is 0 Å². The molecule has 1 saturated heterocycles. The maximum absolute atomic E-state index is 12.3. The summed E-state index contributed by atoms with van der Waals surface area (Å²) in [6.07, 6.45) is 3.91. The molecule has 0 saturated carbocycles. The van der Waals surface area contributed by atoms with E-state index in [-0.39, 0.29) is 23.1 Å². The number of piperidine rings is 1. The fourth-order valence-corrected chi connectivity index (χ4v) is 5.26. The second-order valence-corrected chi connectivity index (χ2v) is 11.6. The molecule has 0 amide bonds. The third kappa shape index (κ3) is 5.65. The van der Waals surface area contributed by atoms with Crippen LogP contribution in [0.1, 0.15) is 26.7 Å². The molecular weight excluding hydrogens is 506 g/mol. The Bertz CT molecular complexity index is 1550. The van der Waals surface area contributed by atoms with Crippen molar-refractivity contribution in [2.45, 2.75) is 43.8 Å². The van der Waals surface area contributed by atoms with Crippen LogP contribution in [-0.4, -0.2) is 65.2 Å². The van der Waals surface area contributed by atoms with Crippen molar-refractivity contribution in [2.75, 3.05) is 34.9 Å². The van der Waals surface area contributed by atoms with E-state index in [9.17, 15) is 13.5 Å². The summed E-state index contributed by atoms with van der Waals surface area (Å²) in [4.78, 5) is 11.6. The first-order valence-electron chi connectivity index (χ1n) is 12.5. The summed E-state index contributed by atoms with van der Waals surface area (Å²) < 4.78 is 30.8. The van der Waals surface area contributed by atoms with E-state index in [1.165, 1.54) is 6.26 Å². The van der Waals surface area contributed by atoms with Gasteiger partial charge in [-0.1, -0.05) is 12.1 Å². The highest BCUT2D eigenvalue weighted by Gasteiger charge is 2.20. The van der Waals surface area contributed by atoms with Crippen LogP contribution < -0.4 is 20.3 Å². The second-order valence-electron chi connectivity index (χ2n) is 9.61. The predicted octanol–water partition coefficient (Wildman–Crippen LogP) is 3.99. The van der Waals surface area contributed by atoms with Crippen LogP contribution in [0.15, 0.2) is 53.6 Å². The number of aromatic nitrogens is 4. The van der Waals surface area contributed by atoms with Crippen LogP contribution in [0.2, 0.25) is 0 Å². The van der Waals surface area contributed by atoms with Crippen molar-refractivity contribution in [3.8, 4) is 5.75 Å². The van der Waals surface area contributed by atoms with Gasteiger partial charge in [0.2, 0.25) is 5.95 Å². The molecule has 0 unspecified atom stereocenters. The molecule has 12 heteroatoms. The third-order valence-electron chi connectivity index (χ3n) is 6.25. The minimum absolute atomic E-state index is 0.0605. The van der Waals surface area contributed by atoms with Crippen molar-refractivity contribution in [3.63, 3.8) is 0 Å². The van der Waals surface area contributed by atoms with Gasteiger partial charge in [0.1, 0.15) is 11.6 Å². The first kappa shape index (κ1) is 25.7. The summed E-state index contributed by atoms with van der Waals surface area (Å²) in [6, 6.07) is 12.6. The molecule has 1 aliphatic rings. The lowest BCUT2D eigenvalue weighted by Crippen LogP contribution is -2.35. The minimum Gasteiger partial charge on any atom is -0.489 e. The largest absolute Gasteiger partial charge is 0.489 e. The van der Waals surface area contributed by atoms with Crippen LogP contribution >= 0.6 is 0 Å². The molecule has 4 aromatic rings. The number of rotatable bonds is 8. The summed E-state index contributed by atoms with van der Waals surface area (Å²) in [6.45, 7) is 5.47. The molecule has 2 aromatic carbocycles. The first-order chi connectivity index (χ1) is 18.2. The SMILES string of the molecule is CC(C)Oc1cc(N2CCC(O)CC2)ccc1Nc1nc(Nc2ccccc2S(C)(=O)=O)c2cn[nH]c2n1. The van der Waals surface area contributed by atoms with Gasteiger partial charge in [-0.2, -0.15) is 15.1 Å². The average Bonchev–Trinajstić information content (AvgIpc) is 3.34. The highest BCUT2D eigenvalue weighted by Crippen LogP contribution is 2.35. The van der Waals surface area contributed by atoms with Crippen LogP contribution in [-0.2, 0) is 9.84 Å². The number of benzene rings is 2. The Morgan fingerprint density at radius 1 is 1.08 bits per heavy atom. The van der Waals surface area contributed by atoms with Gasteiger partial charge in [0, 0.05) is 31.1 Å². The van der Waals surface area contributed by atoms with Gasteiger partial charge in [0.15, 0.2) is 15.5 Å². The molecule has 0 aliphatic carbocycles. The van der Waals surface area contributed by atoms with Gasteiger partial charge < -0.3 is 25.4 Å². The Balaban J connectivity index is 1.48. The van der Waals surface area contributed by atoms with Gasteiger partial charge in [-0.15, -0.1) is 0 Å². The van der Waals surface area contributed by atoms with E-state index in [0.717, 1.165) is 31.6 Å². The molecule has 3 heterocycles. The number of para-hydroxylation sites is 1. The normalized spacial score (nSPS) is 14.7. The smallest absolute Gasteiger partial charge is 0.231 e. The van der Waals surface area contributed by atoms with Crippen molar-refractivity contribution >= 4 is 49.7 Å². The van der Waals surface area contributed by atoms with Crippen molar-refractivity contribution in [3.05, 3.63) is 48.7 Å². The molecule has 0 bridgehead atoms. The maximum Gasteiger partial charge on any atom is 0.231 e. The molecule has 38 heavy (non-hydrogen) atoms. The van der Waals surface area contributed by atoms with E-state index in [1.807, 2.05) is 32.0 Å². The zero-order valence-corrected chi connectivity index (χ0v) is 22.3. The summed E-state index contributed by atoms with van der Waals surface area (Å²) >= 11 is 0. The number of nitrogens with one attached hydrogen (secondary N) is 3. The van der Waals surface area contributed by atoms with E-state index in [2.05, 4.69) is 35.7 Å². The molecule has 11 nitrogen and oxygen atoms in total. The lowest BCUT2D eigenvalue weighted by atomic mass is 10.1. The molecule has 2 aromatic heterocycles. The lowest BCUT2D eigenvalue weighted by molar-refractivity contribution is 0.145. The molecule has 0 radical (unpaired) electrons. The first-order valence-corrected chi connectivity index (χ1v) is 14.3. The Hall–Kier alpha value is -3.90. The topological polar surface area (TPSA) is 145 Å². The molecule has 200 valence electrons. The highest BCUT2D eigenvalue weighted by atomic mass is 32.2. The maximum atomic E-state index is 12.3. The van der Waals surface area contributed by atoms with E-state index in [4.69, 9.17) is 4.74 Å². The number of aromatic amines is 1. The van der Waals surface area contributed by atoms with Crippen molar-refractivity contribution in [1.82, 2.24) is 20.2 Å². The Morgan fingerprint density at radius 2 is 1.84 bits per heavy atom. The van der Waals surface area contributed by atoms with Crippen LogP contribution in [0.25, 0.3) is 11.0 Å². The van der Waals surface area contributed by atoms with Crippen molar-refractivity contribution in [2.24, 2.45) is 0 Å². The van der Waals surface area contributed by atoms with E-state index in [0.29, 0.717) is 34.0 Å². The minimum atomic E-state index is -3.47. The Labute approximate surface area is 221 Å². The number of hydrogen-bond acceptors (Lipinski definition) is 10. The van der Waals surface area contributed by atoms with E-state index >= 15 is 0 Å². The lowest BCUT2D eigenvalue weighted by Gasteiger charge is -2.32. The number of sulfone groups is 1. The molecule has 1 fully saturated rings. The molecular formula is C26H31N7O4S. The number of ether oxygens (including phenoxy) is 1. The fourth-order valence-electron chi connectivity index (χ4n) is 4.41. The van der Waals surface area contributed by atoms with Crippen LogP contribution in [0.4, 0.5) is 28.8 Å². The highest BCUT2D eigenvalue weighted by molar-refractivity contribution is 7.90. The van der Waals surface area contributed by atoms with Gasteiger partial charge in [0.25, 0.3) is 0 Å². The van der Waals surface area contributed by atoms with Gasteiger partial charge in [-0.25, -0.2) is 8.42 Å². The molecule has 5 rings (SSSR count). The zero-order chi connectivity index (χ0) is 26.9. The monoisotopic (exact) mass is 537 g/mol. The van der Waals surface area contributed by atoms with Gasteiger partial charge in [-0.3, -0.25) is 5.10 Å². The summed E-state index contributed by atoms with van der Waals surface area (Å²) in [5.41, 5.74) is 2.59. The van der Waals surface area contributed by atoms with Crippen LogP contribution in [0.5, 0.6) is 5.75 Å². The Morgan fingerprint density at radius 3 is 2.58 bits per heavy atom. The van der Waals surface area contributed by atoms with Crippen molar-refractivity contribution in [1.29, 1.82) is 0 Å². The number of hydrogen-bond donors (Lipinski definition) is 4. The van der Waals surface area contributed by atoms with Crippen LogP contribution in [0, 0.1) is 0 Å². The molecule has 4 N–H and O–H groups in total. The Kier molecular flexibility index (Phi) is 7.09. The predicted molar refractivity (Wildman–Crippen MR) is 147 cm³/mol. The number of H-pyrrole nitrogens is 1. The molecule has 0 spiro atoms. The quantitative estimate of drug-likeness (QED) is 0.260. The molecule has 0 atom stereocenters. The zero-order valence-electron chi connectivity index (χ0n) is 21.5. The molecule has 1 aliphatic heterocycles. The van der Waals surface area contributed by atoms with Gasteiger partial charge in [0.05, 0.1) is 40.1 Å². The van der Waals surface area contributed by atoms with E-state index < -0.39 is 9.84 Å². The number of fused-ring (bicyclic) bond motifs is 1. The summed E-state index contributed by atoms with van der Waals surface area (Å²) in [5, 5.41) is 23.8. The average molecular weight is 538 g/mol. The summed E-state index contributed by atoms with van der Waals surface area (Å²) in [7, 11) is -3.47. The standard InChI is InChI=1S/C26H31N7O4S/c1-16(2)37-22-14-17(33-12-10-18(34)11-13-33)8-9-20(22)29-26-30-24(19-15-27-32-25(19)31-26)28-21-6-4-5-7-23(21)38(3,35)36/h4-9,14-16,18,34H,10-13H2,1-3H3,(H3,27,28,29,30,31,32). The van der Waals surface area contributed by atoms with Crippen LogP contribution in [0.3, 0.4) is 0 Å². The van der Waals surface area contributed by atoms with E-state index in [1.54, 1.807) is 30.5 Å².